The van der Waals surface area contributed by atoms with Gasteiger partial charge in [0.15, 0.2) is 0 Å². The van der Waals surface area contributed by atoms with Gasteiger partial charge in [0, 0.05) is 18.7 Å². The Morgan fingerprint density at radius 1 is 1.29 bits per heavy atom. The van der Waals surface area contributed by atoms with E-state index in [0.29, 0.717) is 23.7 Å². The lowest BCUT2D eigenvalue weighted by Crippen LogP contribution is -2.00. The predicted molar refractivity (Wildman–Crippen MR) is 63.3 cm³/mol. The van der Waals surface area contributed by atoms with Gasteiger partial charge in [-0.2, -0.15) is 0 Å². The molecule has 0 amide bonds. The maximum absolute atomic E-state index is 13.3. The molecule has 2 N–H and O–H groups in total. The molecule has 4 heteroatoms. The number of pyridine rings is 1. The molecular weight excluding hydrogens is 219 g/mol. The zero-order chi connectivity index (χ0) is 12.3. The van der Waals surface area contributed by atoms with E-state index in [1.807, 2.05) is 6.07 Å². The highest BCUT2D eigenvalue weighted by atomic mass is 19.1. The summed E-state index contributed by atoms with van der Waals surface area (Å²) in [6.45, 7) is 2.05. The van der Waals surface area contributed by atoms with Crippen LogP contribution in [-0.2, 0) is 6.54 Å². The quantitative estimate of drug-likeness (QED) is 0.885. The summed E-state index contributed by atoms with van der Waals surface area (Å²) < 4.78 is 18.8. The molecule has 0 unspecified atom stereocenters. The molecule has 1 heterocycles. The molecule has 0 aliphatic carbocycles. The minimum atomic E-state index is -0.294. The zero-order valence-electron chi connectivity index (χ0n) is 9.48. The topological polar surface area (TPSA) is 48.1 Å². The summed E-state index contributed by atoms with van der Waals surface area (Å²) in [6, 6.07) is 10.0. The first-order chi connectivity index (χ1) is 8.19. The number of hydrogen-bond acceptors (Lipinski definition) is 3. The fourth-order valence-corrected chi connectivity index (χ4v) is 1.39. The standard InChI is InChI=1S/C13H13FN2O/c1-9-5-6-11(7-12(9)14)17-13-4-2-3-10(8-15)16-13/h2-7H,8,15H2,1H3. The first kappa shape index (κ1) is 11.5. The molecule has 0 aliphatic rings. The number of hydrogen-bond donors (Lipinski definition) is 1. The van der Waals surface area contributed by atoms with Crippen LogP contribution in [0.4, 0.5) is 4.39 Å². The zero-order valence-corrected chi connectivity index (χ0v) is 9.48. The fraction of sp³-hybridized carbons (Fsp3) is 0.154. The monoisotopic (exact) mass is 232 g/mol. The van der Waals surface area contributed by atoms with Gasteiger partial charge >= 0.3 is 0 Å². The number of benzene rings is 1. The van der Waals surface area contributed by atoms with Crippen LogP contribution in [0, 0.1) is 12.7 Å². The Labute approximate surface area is 99.1 Å². The Morgan fingerprint density at radius 3 is 2.82 bits per heavy atom. The van der Waals surface area contributed by atoms with Gasteiger partial charge in [-0.05, 0) is 24.6 Å². The highest BCUT2D eigenvalue weighted by Gasteiger charge is 2.03. The number of aromatic nitrogens is 1. The van der Waals surface area contributed by atoms with Crippen LogP contribution >= 0.6 is 0 Å². The van der Waals surface area contributed by atoms with Crippen molar-refractivity contribution < 1.29 is 9.13 Å². The second kappa shape index (κ2) is 4.93. The highest BCUT2D eigenvalue weighted by molar-refractivity contribution is 5.31. The molecule has 0 aliphatic heterocycles. The van der Waals surface area contributed by atoms with E-state index in [1.54, 1.807) is 31.2 Å². The van der Waals surface area contributed by atoms with E-state index in [2.05, 4.69) is 4.98 Å². The largest absolute Gasteiger partial charge is 0.439 e. The first-order valence-electron chi connectivity index (χ1n) is 5.29. The third kappa shape index (κ3) is 2.79. The SMILES string of the molecule is Cc1ccc(Oc2cccc(CN)n2)cc1F. The van der Waals surface area contributed by atoms with Crippen LogP contribution in [0.25, 0.3) is 0 Å². The van der Waals surface area contributed by atoms with Crippen LogP contribution in [0.3, 0.4) is 0 Å². The smallest absolute Gasteiger partial charge is 0.219 e. The van der Waals surface area contributed by atoms with Gasteiger partial charge in [-0.25, -0.2) is 9.37 Å². The van der Waals surface area contributed by atoms with Crippen molar-refractivity contribution in [1.29, 1.82) is 0 Å². The summed E-state index contributed by atoms with van der Waals surface area (Å²) >= 11 is 0. The van der Waals surface area contributed by atoms with Gasteiger partial charge in [0.2, 0.25) is 5.88 Å². The van der Waals surface area contributed by atoms with Crippen LogP contribution in [0.1, 0.15) is 11.3 Å². The van der Waals surface area contributed by atoms with Gasteiger partial charge in [0.1, 0.15) is 11.6 Å². The van der Waals surface area contributed by atoms with Crippen molar-refractivity contribution in [2.45, 2.75) is 13.5 Å². The summed E-state index contributed by atoms with van der Waals surface area (Å²) in [4.78, 5) is 4.17. The van der Waals surface area contributed by atoms with Crippen molar-refractivity contribution in [3.05, 3.63) is 53.5 Å². The Hall–Kier alpha value is -1.94. The number of nitrogens with two attached hydrogens (primary N) is 1. The maximum Gasteiger partial charge on any atom is 0.219 e. The maximum atomic E-state index is 13.3. The summed E-state index contributed by atoms with van der Waals surface area (Å²) in [7, 11) is 0. The number of rotatable bonds is 3. The lowest BCUT2D eigenvalue weighted by atomic mass is 10.2. The Kier molecular flexibility index (Phi) is 3.35. The minimum absolute atomic E-state index is 0.294. The number of aryl methyl sites for hydroxylation is 1. The van der Waals surface area contributed by atoms with Crippen molar-refractivity contribution in [1.82, 2.24) is 4.98 Å². The molecule has 0 radical (unpaired) electrons. The third-order valence-electron chi connectivity index (χ3n) is 2.36. The summed E-state index contributed by atoms with van der Waals surface area (Å²) in [5, 5.41) is 0. The highest BCUT2D eigenvalue weighted by Crippen LogP contribution is 2.21. The van der Waals surface area contributed by atoms with Crippen LogP contribution in [-0.4, -0.2) is 4.98 Å². The lowest BCUT2D eigenvalue weighted by molar-refractivity contribution is 0.455. The van der Waals surface area contributed by atoms with Crippen LogP contribution < -0.4 is 10.5 Å². The average Bonchev–Trinajstić information content (AvgIpc) is 2.34. The molecule has 88 valence electrons. The van der Waals surface area contributed by atoms with E-state index in [1.165, 1.54) is 6.07 Å². The van der Waals surface area contributed by atoms with Crippen LogP contribution in [0.5, 0.6) is 11.6 Å². The van der Waals surface area contributed by atoms with Gasteiger partial charge in [0.25, 0.3) is 0 Å². The van der Waals surface area contributed by atoms with Gasteiger partial charge in [-0.1, -0.05) is 12.1 Å². The average molecular weight is 232 g/mol. The summed E-state index contributed by atoms with van der Waals surface area (Å²) in [5.41, 5.74) is 6.79. The molecule has 0 spiro atoms. The molecule has 1 aromatic carbocycles. The van der Waals surface area contributed by atoms with Crippen molar-refractivity contribution >= 4 is 0 Å². The summed E-state index contributed by atoms with van der Waals surface area (Å²) in [6.07, 6.45) is 0. The molecule has 1 aromatic heterocycles. The number of ether oxygens (including phenoxy) is 1. The lowest BCUT2D eigenvalue weighted by Gasteiger charge is -2.06. The van der Waals surface area contributed by atoms with Crippen molar-refractivity contribution in [2.24, 2.45) is 5.73 Å². The molecule has 0 fully saturated rings. The fourth-order valence-electron chi connectivity index (χ4n) is 1.39. The summed E-state index contributed by atoms with van der Waals surface area (Å²) in [5.74, 6) is 0.545. The van der Waals surface area contributed by atoms with Gasteiger partial charge in [0.05, 0.1) is 5.69 Å². The van der Waals surface area contributed by atoms with E-state index in [0.717, 1.165) is 5.69 Å². The van der Waals surface area contributed by atoms with E-state index in [9.17, 15) is 4.39 Å². The first-order valence-corrected chi connectivity index (χ1v) is 5.29. The van der Waals surface area contributed by atoms with E-state index in [4.69, 9.17) is 10.5 Å². The van der Waals surface area contributed by atoms with E-state index < -0.39 is 0 Å². The van der Waals surface area contributed by atoms with E-state index in [-0.39, 0.29) is 5.82 Å². The molecule has 0 bridgehead atoms. The van der Waals surface area contributed by atoms with Crippen molar-refractivity contribution in [3.8, 4) is 11.6 Å². The molecule has 0 saturated heterocycles. The third-order valence-corrected chi connectivity index (χ3v) is 2.36. The van der Waals surface area contributed by atoms with Crippen LogP contribution in [0.15, 0.2) is 36.4 Å². The molecule has 3 nitrogen and oxygen atoms in total. The molecule has 0 saturated carbocycles. The van der Waals surface area contributed by atoms with Crippen LogP contribution in [0.2, 0.25) is 0 Å². The molecule has 2 rings (SSSR count). The Balaban J connectivity index is 2.22. The van der Waals surface area contributed by atoms with Gasteiger partial charge in [-0.3, -0.25) is 0 Å². The predicted octanol–water partition coefficient (Wildman–Crippen LogP) is 2.78. The second-order valence-electron chi connectivity index (χ2n) is 3.68. The number of nitrogens with zero attached hydrogens (tertiary/aromatic N) is 1. The molecular formula is C13H13FN2O. The second-order valence-corrected chi connectivity index (χ2v) is 3.68. The van der Waals surface area contributed by atoms with Gasteiger partial charge < -0.3 is 10.5 Å². The van der Waals surface area contributed by atoms with Crippen molar-refractivity contribution in [3.63, 3.8) is 0 Å². The molecule has 17 heavy (non-hydrogen) atoms. The van der Waals surface area contributed by atoms with E-state index >= 15 is 0 Å². The van der Waals surface area contributed by atoms with Gasteiger partial charge in [-0.15, -0.1) is 0 Å². The number of halogens is 1. The van der Waals surface area contributed by atoms with Crippen molar-refractivity contribution in [2.75, 3.05) is 0 Å². The molecule has 2 aromatic rings. The Morgan fingerprint density at radius 2 is 2.12 bits per heavy atom. The minimum Gasteiger partial charge on any atom is -0.439 e. The normalized spacial score (nSPS) is 10.3. The Bertz CT molecular complexity index is 529. The molecule has 0 atom stereocenters.